The first-order chi connectivity index (χ1) is 13.0. The van der Waals surface area contributed by atoms with E-state index < -0.39 is 0 Å². The second kappa shape index (κ2) is 12.9. The zero-order chi connectivity index (χ0) is 20.1. The number of amides is 1. The summed E-state index contributed by atoms with van der Waals surface area (Å²) in [5, 5.41) is 0. The third kappa shape index (κ3) is 9.24. The maximum atomic E-state index is 12.7. The van der Waals surface area contributed by atoms with E-state index in [4.69, 9.17) is 9.47 Å². The van der Waals surface area contributed by atoms with Gasteiger partial charge in [0.25, 0.3) is 0 Å². The summed E-state index contributed by atoms with van der Waals surface area (Å²) in [6, 6.07) is 7.63. The second-order valence-electron chi connectivity index (χ2n) is 6.40. The van der Waals surface area contributed by atoms with Gasteiger partial charge in [0.2, 0.25) is 5.91 Å². The van der Waals surface area contributed by atoms with E-state index in [0.717, 1.165) is 24.3 Å². The van der Waals surface area contributed by atoms with Crippen LogP contribution in [0.5, 0.6) is 5.75 Å². The number of carbonyl (C=O) groups is 2. The molecular formula is C21H32N2O4. The molecule has 0 fully saturated rings. The third-order valence-corrected chi connectivity index (χ3v) is 3.81. The van der Waals surface area contributed by atoms with Gasteiger partial charge in [-0.25, -0.2) is 0 Å². The molecule has 0 unspecified atom stereocenters. The molecule has 0 aromatic heterocycles. The van der Waals surface area contributed by atoms with Gasteiger partial charge in [-0.15, -0.1) is 0 Å². The summed E-state index contributed by atoms with van der Waals surface area (Å²) in [7, 11) is 3.90. The summed E-state index contributed by atoms with van der Waals surface area (Å²) in [4.78, 5) is 28.0. The molecule has 1 rings (SSSR count). The minimum Gasteiger partial charge on any atom is -0.493 e. The summed E-state index contributed by atoms with van der Waals surface area (Å²) in [6.45, 7) is 6.40. The molecule has 1 aromatic carbocycles. The molecule has 0 saturated carbocycles. The first-order valence-corrected chi connectivity index (χ1v) is 9.47. The number of para-hydroxylation sites is 1. The SMILES string of the molecule is CCCOc1ccccc1/C=C/C(=O)N(CCC(=O)OCC)CCN(C)C. The van der Waals surface area contributed by atoms with Crippen LogP contribution < -0.4 is 4.74 Å². The molecule has 6 nitrogen and oxygen atoms in total. The van der Waals surface area contributed by atoms with Crippen LogP contribution in [-0.4, -0.2) is 68.6 Å². The maximum Gasteiger partial charge on any atom is 0.307 e. The van der Waals surface area contributed by atoms with E-state index in [9.17, 15) is 9.59 Å². The highest BCUT2D eigenvalue weighted by Crippen LogP contribution is 2.19. The number of benzene rings is 1. The highest BCUT2D eigenvalue weighted by Gasteiger charge is 2.14. The van der Waals surface area contributed by atoms with Crippen LogP contribution in [0.25, 0.3) is 6.08 Å². The fourth-order valence-corrected chi connectivity index (χ4v) is 2.34. The first kappa shape index (κ1) is 22.7. The summed E-state index contributed by atoms with van der Waals surface area (Å²) in [5.74, 6) is 0.337. The number of nitrogens with zero attached hydrogens (tertiary/aromatic N) is 2. The van der Waals surface area contributed by atoms with Crippen LogP contribution in [0.4, 0.5) is 0 Å². The van der Waals surface area contributed by atoms with Crippen molar-refractivity contribution in [1.29, 1.82) is 0 Å². The van der Waals surface area contributed by atoms with E-state index in [1.165, 1.54) is 6.08 Å². The number of hydrogen-bond donors (Lipinski definition) is 0. The van der Waals surface area contributed by atoms with Crippen molar-refractivity contribution in [2.75, 3.05) is 46.9 Å². The summed E-state index contributed by atoms with van der Waals surface area (Å²) in [6.07, 6.45) is 4.41. The topological polar surface area (TPSA) is 59.1 Å². The van der Waals surface area contributed by atoms with E-state index in [-0.39, 0.29) is 18.3 Å². The van der Waals surface area contributed by atoms with Crippen LogP contribution in [0.1, 0.15) is 32.3 Å². The number of ether oxygens (including phenoxy) is 2. The largest absolute Gasteiger partial charge is 0.493 e. The zero-order valence-electron chi connectivity index (χ0n) is 16.9. The predicted molar refractivity (Wildman–Crippen MR) is 108 cm³/mol. The fourth-order valence-electron chi connectivity index (χ4n) is 2.34. The van der Waals surface area contributed by atoms with Gasteiger partial charge in [-0.05, 0) is 39.6 Å². The summed E-state index contributed by atoms with van der Waals surface area (Å²) in [5.41, 5.74) is 0.859. The molecule has 0 N–H and O–H groups in total. The Kier molecular flexibility index (Phi) is 10.9. The molecule has 6 heteroatoms. The molecule has 0 heterocycles. The quantitative estimate of drug-likeness (QED) is 0.415. The van der Waals surface area contributed by atoms with Crippen LogP contribution in [0.15, 0.2) is 30.3 Å². The van der Waals surface area contributed by atoms with Crippen LogP contribution in [0, 0.1) is 0 Å². The van der Waals surface area contributed by atoms with Crippen molar-refractivity contribution in [3.05, 3.63) is 35.9 Å². The Labute approximate surface area is 162 Å². The van der Waals surface area contributed by atoms with Crippen molar-refractivity contribution in [3.8, 4) is 5.75 Å². The van der Waals surface area contributed by atoms with Crippen LogP contribution in [0.2, 0.25) is 0 Å². The predicted octanol–water partition coefficient (Wildman–Crippen LogP) is 2.83. The minimum absolute atomic E-state index is 0.133. The molecule has 150 valence electrons. The van der Waals surface area contributed by atoms with Crippen molar-refractivity contribution in [3.63, 3.8) is 0 Å². The first-order valence-electron chi connectivity index (χ1n) is 9.47. The van der Waals surface area contributed by atoms with Crippen molar-refractivity contribution >= 4 is 18.0 Å². The minimum atomic E-state index is -0.289. The van der Waals surface area contributed by atoms with E-state index in [0.29, 0.717) is 26.3 Å². The Morgan fingerprint density at radius 2 is 1.81 bits per heavy atom. The van der Waals surface area contributed by atoms with Gasteiger partial charge in [0.15, 0.2) is 0 Å². The lowest BCUT2D eigenvalue weighted by Gasteiger charge is -2.23. The Bertz CT molecular complexity index is 614. The van der Waals surface area contributed by atoms with E-state index in [1.807, 2.05) is 50.2 Å². The molecule has 0 radical (unpaired) electrons. The monoisotopic (exact) mass is 376 g/mol. The number of hydrogen-bond acceptors (Lipinski definition) is 5. The smallest absolute Gasteiger partial charge is 0.307 e. The number of esters is 1. The fraction of sp³-hybridized carbons (Fsp3) is 0.524. The maximum absolute atomic E-state index is 12.7. The molecule has 0 aliphatic rings. The summed E-state index contributed by atoms with van der Waals surface area (Å²) >= 11 is 0. The van der Waals surface area contributed by atoms with Gasteiger partial charge >= 0.3 is 5.97 Å². The van der Waals surface area contributed by atoms with Gasteiger partial charge in [0.1, 0.15) is 5.75 Å². The highest BCUT2D eigenvalue weighted by molar-refractivity contribution is 5.92. The molecule has 0 spiro atoms. The molecule has 0 aliphatic heterocycles. The molecular weight excluding hydrogens is 344 g/mol. The van der Waals surface area contributed by atoms with Gasteiger partial charge in [-0.1, -0.05) is 25.1 Å². The highest BCUT2D eigenvalue weighted by atomic mass is 16.5. The third-order valence-electron chi connectivity index (χ3n) is 3.81. The standard InChI is InChI=1S/C21H32N2O4/c1-5-17-27-19-10-8-7-9-18(19)11-12-20(24)23(16-15-22(3)4)14-13-21(25)26-6-2/h7-12H,5-6,13-17H2,1-4H3/b12-11+. The zero-order valence-corrected chi connectivity index (χ0v) is 16.9. The average molecular weight is 376 g/mol. The van der Waals surface area contributed by atoms with Gasteiger partial charge < -0.3 is 19.3 Å². The van der Waals surface area contributed by atoms with Gasteiger partial charge in [-0.3, -0.25) is 9.59 Å². The van der Waals surface area contributed by atoms with Crippen LogP contribution in [0.3, 0.4) is 0 Å². The Morgan fingerprint density at radius 3 is 2.48 bits per heavy atom. The lowest BCUT2D eigenvalue weighted by atomic mass is 10.2. The van der Waals surface area contributed by atoms with E-state index >= 15 is 0 Å². The lowest BCUT2D eigenvalue weighted by Crippen LogP contribution is -2.37. The number of rotatable bonds is 12. The average Bonchev–Trinajstić information content (AvgIpc) is 2.65. The van der Waals surface area contributed by atoms with Gasteiger partial charge in [0.05, 0.1) is 19.6 Å². The normalized spacial score (nSPS) is 11.0. The van der Waals surface area contributed by atoms with Gasteiger partial charge in [0, 0.05) is 31.3 Å². The van der Waals surface area contributed by atoms with Crippen molar-refractivity contribution in [1.82, 2.24) is 9.80 Å². The van der Waals surface area contributed by atoms with Crippen LogP contribution in [-0.2, 0) is 14.3 Å². The lowest BCUT2D eigenvalue weighted by molar-refractivity contribution is -0.143. The molecule has 0 saturated heterocycles. The molecule has 0 atom stereocenters. The molecule has 27 heavy (non-hydrogen) atoms. The molecule has 0 aliphatic carbocycles. The van der Waals surface area contributed by atoms with E-state index in [2.05, 4.69) is 0 Å². The molecule has 0 bridgehead atoms. The summed E-state index contributed by atoms with van der Waals surface area (Å²) < 4.78 is 10.7. The molecule has 1 amide bonds. The van der Waals surface area contributed by atoms with Gasteiger partial charge in [-0.2, -0.15) is 0 Å². The van der Waals surface area contributed by atoms with Crippen molar-refractivity contribution in [2.45, 2.75) is 26.7 Å². The van der Waals surface area contributed by atoms with E-state index in [1.54, 1.807) is 17.9 Å². The van der Waals surface area contributed by atoms with Crippen LogP contribution >= 0.6 is 0 Å². The van der Waals surface area contributed by atoms with Crippen molar-refractivity contribution < 1.29 is 19.1 Å². The Hall–Kier alpha value is -2.34. The number of likely N-dealkylation sites (N-methyl/N-ethyl adjacent to an activating group) is 1. The Balaban J connectivity index is 2.79. The Morgan fingerprint density at radius 1 is 1.07 bits per heavy atom. The number of carbonyl (C=O) groups excluding carboxylic acids is 2. The second-order valence-corrected chi connectivity index (χ2v) is 6.40. The molecule has 1 aromatic rings. The van der Waals surface area contributed by atoms with Crippen molar-refractivity contribution in [2.24, 2.45) is 0 Å².